The van der Waals surface area contributed by atoms with E-state index in [1.807, 2.05) is 19.2 Å². The van der Waals surface area contributed by atoms with Gasteiger partial charge in [0.25, 0.3) is 0 Å². The second kappa shape index (κ2) is 4.33. The van der Waals surface area contributed by atoms with Crippen molar-refractivity contribution in [3.05, 3.63) is 24.3 Å². The predicted molar refractivity (Wildman–Crippen MR) is 61.4 cm³/mol. The summed E-state index contributed by atoms with van der Waals surface area (Å²) in [4.78, 5) is 4.42. The number of hydrogen-bond donors (Lipinski definition) is 1. The van der Waals surface area contributed by atoms with Crippen molar-refractivity contribution in [2.24, 2.45) is 0 Å². The quantitative estimate of drug-likeness (QED) is 0.880. The summed E-state index contributed by atoms with van der Waals surface area (Å²) < 4.78 is 10.6. The third kappa shape index (κ3) is 1.86. The van der Waals surface area contributed by atoms with E-state index < -0.39 is 0 Å². The molecule has 0 radical (unpaired) electrons. The molecule has 2 aromatic heterocycles. The molecule has 0 aliphatic heterocycles. The zero-order valence-electron chi connectivity index (χ0n) is 9.72. The van der Waals surface area contributed by atoms with Crippen LogP contribution in [0.4, 0.5) is 0 Å². The monoisotopic (exact) mass is 233 g/mol. The fourth-order valence-electron chi connectivity index (χ4n) is 2.49. The van der Waals surface area contributed by atoms with Gasteiger partial charge in [-0.3, -0.25) is 0 Å². The Morgan fingerprint density at radius 2 is 2.35 bits per heavy atom. The summed E-state index contributed by atoms with van der Waals surface area (Å²) in [6, 6.07) is 4.09. The Morgan fingerprint density at radius 3 is 3.12 bits per heavy atom. The van der Waals surface area contributed by atoms with Crippen LogP contribution in [-0.2, 0) is 0 Å². The number of aromatic nitrogens is 2. The molecule has 90 valence electrons. The van der Waals surface area contributed by atoms with Crippen LogP contribution in [0, 0.1) is 0 Å². The van der Waals surface area contributed by atoms with Crippen LogP contribution < -0.4 is 5.32 Å². The highest BCUT2D eigenvalue weighted by molar-refractivity contribution is 5.44. The van der Waals surface area contributed by atoms with E-state index >= 15 is 0 Å². The van der Waals surface area contributed by atoms with E-state index in [2.05, 4.69) is 15.5 Å². The summed E-state index contributed by atoms with van der Waals surface area (Å²) in [6.45, 7) is 0. The second-order valence-corrected chi connectivity index (χ2v) is 4.37. The van der Waals surface area contributed by atoms with Crippen molar-refractivity contribution in [2.45, 2.75) is 31.2 Å². The molecule has 1 aliphatic carbocycles. The standard InChI is InChI=1S/C12H15N3O2/c1-13-9-5-2-4-8(9)12-14-11(15-17-12)10-6-3-7-16-10/h3,6-9,13H,2,4-5H2,1H3/t8-,9-/m1/s1. The van der Waals surface area contributed by atoms with Gasteiger partial charge in [0, 0.05) is 6.04 Å². The number of furan rings is 1. The molecule has 0 aromatic carbocycles. The van der Waals surface area contributed by atoms with Crippen LogP contribution in [0.3, 0.4) is 0 Å². The number of likely N-dealkylation sites (N-methyl/N-ethyl adjacent to an activating group) is 1. The van der Waals surface area contributed by atoms with Crippen molar-refractivity contribution in [3.63, 3.8) is 0 Å². The molecule has 2 heterocycles. The van der Waals surface area contributed by atoms with Gasteiger partial charge in [0.1, 0.15) is 0 Å². The number of rotatable bonds is 3. The third-order valence-corrected chi connectivity index (χ3v) is 3.39. The first-order valence-corrected chi connectivity index (χ1v) is 5.93. The number of nitrogens with one attached hydrogen (secondary N) is 1. The Kier molecular flexibility index (Phi) is 2.68. The van der Waals surface area contributed by atoms with Gasteiger partial charge in [0.05, 0.1) is 12.2 Å². The summed E-state index contributed by atoms with van der Waals surface area (Å²) in [5.41, 5.74) is 0. The summed E-state index contributed by atoms with van der Waals surface area (Å²) in [6.07, 6.45) is 5.08. The van der Waals surface area contributed by atoms with Crippen molar-refractivity contribution in [2.75, 3.05) is 7.05 Å². The summed E-state index contributed by atoms with van der Waals surface area (Å²) in [5.74, 6) is 2.23. The van der Waals surface area contributed by atoms with Gasteiger partial charge in [0.15, 0.2) is 5.76 Å². The van der Waals surface area contributed by atoms with Crippen LogP contribution in [0.15, 0.2) is 27.3 Å². The maximum atomic E-state index is 5.34. The van der Waals surface area contributed by atoms with Crippen molar-refractivity contribution in [1.82, 2.24) is 15.5 Å². The molecule has 0 bridgehead atoms. The molecule has 5 heteroatoms. The van der Waals surface area contributed by atoms with Crippen LogP contribution in [0.1, 0.15) is 31.1 Å². The van der Waals surface area contributed by atoms with E-state index in [-0.39, 0.29) is 0 Å². The minimum absolute atomic E-state index is 0.330. The van der Waals surface area contributed by atoms with Crippen molar-refractivity contribution in [3.8, 4) is 11.6 Å². The Labute approximate surface area is 99.2 Å². The Bertz CT molecular complexity index is 478. The molecule has 1 N–H and O–H groups in total. The molecule has 2 atom stereocenters. The maximum Gasteiger partial charge on any atom is 0.238 e. The average Bonchev–Trinajstić information content (AvgIpc) is 3.09. The molecule has 17 heavy (non-hydrogen) atoms. The van der Waals surface area contributed by atoms with Gasteiger partial charge in [0.2, 0.25) is 11.7 Å². The third-order valence-electron chi connectivity index (χ3n) is 3.39. The Morgan fingerprint density at radius 1 is 1.41 bits per heavy atom. The fourth-order valence-corrected chi connectivity index (χ4v) is 2.49. The van der Waals surface area contributed by atoms with Gasteiger partial charge < -0.3 is 14.3 Å². The largest absolute Gasteiger partial charge is 0.461 e. The molecular formula is C12H15N3O2. The Balaban J connectivity index is 1.85. The molecule has 0 saturated heterocycles. The first-order valence-electron chi connectivity index (χ1n) is 5.93. The zero-order chi connectivity index (χ0) is 11.7. The highest BCUT2D eigenvalue weighted by Gasteiger charge is 2.32. The highest BCUT2D eigenvalue weighted by atomic mass is 16.5. The molecular weight excluding hydrogens is 218 g/mol. The molecule has 1 saturated carbocycles. The minimum atomic E-state index is 0.330. The Hall–Kier alpha value is -1.62. The molecule has 0 spiro atoms. The van der Waals surface area contributed by atoms with Gasteiger partial charge in [-0.05, 0) is 32.0 Å². The van der Waals surface area contributed by atoms with E-state index in [4.69, 9.17) is 8.94 Å². The van der Waals surface area contributed by atoms with E-state index in [1.54, 1.807) is 6.26 Å². The lowest BCUT2D eigenvalue weighted by atomic mass is 10.0. The zero-order valence-corrected chi connectivity index (χ0v) is 9.72. The lowest BCUT2D eigenvalue weighted by Crippen LogP contribution is -2.27. The predicted octanol–water partition coefficient (Wildman–Crippen LogP) is 2.19. The topological polar surface area (TPSA) is 64.1 Å². The van der Waals surface area contributed by atoms with E-state index in [9.17, 15) is 0 Å². The lowest BCUT2D eigenvalue weighted by molar-refractivity contribution is 0.335. The van der Waals surface area contributed by atoms with E-state index in [0.29, 0.717) is 29.4 Å². The van der Waals surface area contributed by atoms with Crippen LogP contribution in [0.2, 0.25) is 0 Å². The van der Waals surface area contributed by atoms with Gasteiger partial charge in [-0.25, -0.2) is 0 Å². The van der Waals surface area contributed by atoms with Crippen molar-refractivity contribution < 1.29 is 8.94 Å². The normalized spacial score (nSPS) is 24.3. The fraction of sp³-hybridized carbons (Fsp3) is 0.500. The van der Waals surface area contributed by atoms with Gasteiger partial charge >= 0.3 is 0 Å². The molecule has 0 amide bonds. The van der Waals surface area contributed by atoms with Crippen molar-refractivity contribution in [1.29, 1.82) is 0 Å². The minimum Gasteiger partial charge on any atom is -0.461 e. The van der Waals surface area contributed by atoms with E-state index in [0.717, 1.165) is 6.42 Å². The highest BCUT2D eigenvalue weighted by Crippen LogP contribution is 2.34. The van der Waals surface area contributed by atoms with Gasteiger partial charge in [-0.2, -0.15) is 4.98 Å². The smallest absolute Gasteiger partial charge is 0.238 e. The molecule has 2 aromatic rings. The van der Waals surface area contributed by atoms with Crippen molar-refractivity contribution >= 4 is 0 Å². The van der Waals surface area contributed by atoms with Crippen LogP contribution in [0.25, 0.3) is 11.6 Å². The molecule has 1 fully saturated rings. The molecule has 3 rings (SSSR count). The summed E-state index contributed by atoms with van der Waals surface area (Å²) >= 11 is 0. The number of nitrogens with zero attached hydrogens (tertiary/aromatic N) is 2. The van der Waals surface area contributed by atoms with Crippen LogP contribution in [0.5, 0.6) is 0 Å². The van der Waals surface area contributed by atoms with Gasteiger partial charge in [-0.15, -0.1) is 0 Å². The first-order chi connectivity index (χ1) is 8.38. The summed E-state index contributed by atoms with van der Waals surface area (Å²) in [7, 11) is 1.98. The van der Waals surface area contributed by atoms with Crippen LogP contribution >= 0.6 is 0 Å². The number of hydrogen-bond acceptors (Lipinski definition) is 5. The van der Waals surface area contributed by atoms with Gasteiger partial charge in [-0.1, -0.05) is 11.6 Å². The maximum absolute atomic E-state index is 5.34. The molecule has 5 nitrogen and oxygen atoms in total. The second-order valence-electron chi connectivity index (χ2n) is 4.37. The lowest BCUT2D eigenvalue weighted by Gasteiger charge is -2.14. The first kappa shape index (κ1) is 10.5. The molecule has 0 unspecified atom stereocenters. The SMILES string of the molecule is CN[C@@H]1CCC[C@H]1c1nc(-c2ccco2)no1. The van der Waals surface area contributed by atoms with Crippen LogP contribution in [-0.4, -0.2) is 23.2 Å². The summed E-state index contributed by atoms with van der Waals surface area (Å²) in [5, 5.41) is 7.27. The average molecular weight is 233 g/mol. The van der Waals surface area contributed by atoms with E-state index in [1.165, 1.54) is 12.8 Å². The molecule has 1 aliphatic rings.